The predicted octanol–water partition coefficient (Wildman–Crippen LogP) is 6.80. The van der Waals surface area contributed by atoms with E-state index in [1.54, 1.807) is 6.07 Å². The first kappa shape index (κ1) is 24.9. The fourth-order valence-corrected chi connectivity index (χ4v) is 3.23. The van der Waals surface area contributed by atoms with Crippen LogP contribution in [0.4, 0.5) is 32.0 Å². The lowest BCUT2D eigenvalue weighted by atomic mass is 10.0. The highest BCUT2D eigenvalue weighted by Crippen LogP contribution is 2.40. The van der Waals surface area contributed by atoms with E-state index in [4.69, 9.17) is 4.74 Å². The molecule has 3 rings (SSSR count). The lowest BCUT2D eigenvalue weighted by Crippen LogP contribution is -2.38. The summed E-state index contributed by atoms with van der Waals surface area (Å²) in [6.45, 7) is 1.42. The summed E-state index contributed by atoms with van der Waals surface area (Å²) in [5.41, 5.74) is -2.41. The van der Waals surface area contributed by atoms with E-state index in [0.29, 0.717) is 0 Å². The van der Waals surface area contributed by atoms with Gasteiger partial charge in [-0.2, -0.15) is 13.2 Å². The van der Waals surface area contributed by atoms with Crippen molar-refractivity contribution in [2.45, 2.75) is 19.2 Å². The van der Waals surface area contributed by atoms with Crippen molar-refractivity contribution in [1.82, 2.24) is 0 Å². The standard InChI is InChI=1S/C25H19F6NO2/c1-15(24(33)32(2)21-6-4-3-5-20(21)27)34-19-13-9-17(10-14-19)23(28)22(25(29,30)31)16-7-11-18(26)12-8-16/h3-15H,1-2H3/t15-/m1/s1. The molecular formula is C25H19F6NO2. The first-order valence-corrected chi connectivity index (χ1v) is 10.0. The van der Waals surface area contributed by atoms with Gasteiger partial charge < -0.3 is 9.64 Å². The summed E-state index contributed by atoms with van der Waals surface area (Å²) < 4.78 is 88.0. The van der Waals surface area contributed by atoms with Crippen molar-refractivity contribution in [2.24, 2.45) is 0 Å². The van der Waals surface area contributed by atoms with Gasteiger partial charge in [0.1, 0.15) is 23.2 Å². The van der Waals surface area contributed by atoms with Crippen LogP contribution in [0.3, 0.4) is 0 Å². The molecule has 178 valence electrons. The Morgan fingerprint density at radius 2 is 1.44 bits per heavy atom. The quantitative estimate of drug-likeness (QED) is 0.288. The van der Waals surface area contributed by atoms with Crippen LogP contribution in [0.1, 0.15) is 18.1 Å². The van der Waals surface area contributed by atoms with Crippen LogP contribution in [-0.2, 0) is 4.79 Å². The van der Waals surface area contributed by atoms with Gasteiger partial charge in [-0.1, -0.05) is 24.3 Å². The first-order chi connectivity index (χ1) is 16.0. The SMILES string of the molecule is C[C@@H](Oc1ccc(C(F)=C(c2ccc(F)cc2)C(F)(F)F)cc1)C(=O)N(C)c1ccccc1F. The minimum Gasteiger partial charge on any atom is -0.481 e. The van der Waals surface area contributed by atoms with Gasteiger partial charge in [-0.3, -0.25) is 4.79 Å². The Bertz CT molecular complexity index is 1190. The van der Waals surface area contributed by atoms with Crippen molar-refractivity contribution >= 4 is 23.0 Å². The molecule has 9 heteroatoms. The van der Waals surface area contributed by atoms with Gasteiger partial charge in [0.05, 0.1) is 11.3 Å². The number of allylic oxidation sites excluding steroid dienone is 1. The topological polar surface area (TPSA) is 29.5 Å². The zero-order valence-corrected chi connectivity index (χ0v) is 18.0. The zero-order chi connectivity index (χ0) is 25.0. The Morgan fingerprint density at radius 3 is 2.00 bits per heavy atom. The minimum absolute atomic E-state index is 0.0472. The van der Waals surface area contributed by atoms with E-state index in [1.807, 2.05) is 0 Å². The lowest BCUT2D eigenvalue weighted by molar-refractivity contribution is -0.124. The predicted molar refractivity (Wildman–Crippen MR) is 117 cm³/mol. The molecule has 0 aliphatic heterocycles. The van der Waals surface area contributed by atoms with E-state index in [1.165, 1.54) is 44.3 Å². The molecule has 1 amide bonds. The van der Waals surface area contributed by atoms with E-state index < -0.39 is 46.8 Å². The molecule has 0 heterocycles. The summed E-state index contributed by atoms with van der Waals surface area (Å²) in [5.74, 6) is -3.38. The maximum atomic E-state index is 14.9. The van der Waals surface area contributed by atoms with E-state index in [2.05, 4.69) is 0 Å². The third-order valence-corrected chi connectivity index (χ3v) is 4.95. The second kappa shape index (κ2) is 10.0. The van der Waals surface area contributed by atoms with E-state index in [-0.39, 0.29) is 17.0 Å². The normalized spacial score (nSPS) is 13.2. The van der Waals surface area contributed by atoms with Crippen molar-refractivity contribution in [2.75, 3.05) is 11.9 Å². The van der Waals surface area contributed by atoms with Crippen LogP contribution in [0, 0.1) is 11.6 Å². The number of carbonyl (C=O) groups excluding carboxylic acids is 1. The van der Waals surface area contributed by atoms with Gasteiger partial charge in [0, 0.05) is 12.6 Å². The molecule has 0 bridgehead atoms. The number of benzene rings is 3. The van der Waals surface area contributed by atoms with Crippen molar-refractivity contribution in [1.29, 1.82) is 0 Å². The van der Waals surface area contributed by atoms with Crippen molar-refractivity contribution in [3.8, 4) is 5.75 Å². The summed E-state index contributed by atoms with van der Waals surface area (Å²) >= 11 is 0. The van der Waals surface area contributed by atoms with Gasteiger partial charge in [0.15, 0.2) is 6.10 Å². The molecule has 0 aromatic heterocycles. The van der Waals surface area contributed by atoms with Crippen LogP contribution in [0.2, 0.25) is 0 Å². The van der Waals surface area contributed by atoms with Crippen molar-refractivity contribution < 1.29 is 35.9 Å². The summed E-state index contributed by atoms with van der Waals surface area (Å²) in [5, 5.41) is 0. The number of carbonyl (C=O) groups is 1. The Hall–Kier alpha value is -3.75. The molecule has 0 radical (unpaired) electrons. The highest BCUT2D eigenvalue weighted by atomic mass is 19.4. The zero-order valence-electron chi connectivity index (χ0n) is 18.0. The van der Waals surface area contributed by atoms with Crippen molar-refractivity contribution in [3.63, 3.8) is 0 Å². The maximum Gasteiger partial charge on any atom is 0.419 e. The molecule has 0 aliphatic carbocycles. The Balaban J connectivity index is 1.81. The van der Waals surface area contributed by atoms with Crippen LogP contribution in [-0.4, -0.2) is 25.2 Å². The van der Waals surface area contributed by atoms with Gasteiger partial charge in [-0.25, -0.2) is 13.2 Å². The molecule has 0 saturated carbocycles. The van der Waals surface area contributed by atoms with Gasteiger partial charge in [-0.05, 0) is 61.0 Å². The number of alkyl halides is 3. The molecule has 0 spiro atoms. The molecule has 1 atom stereocenters. The Kier molecular flexibility index (Phi) is 7.34. The highest BCUT2D eigenvalue weighted by molar-refractivity contribution is 5.96. The summed E-state index contributed by atoms with van der Waals surface area (Å²) in [7, 11) is 1.37. The number of nitrogens with zero attached hydrogens (tertiary/aromatic N) is 1. The third-order valence-electron chi connectivity index (χ3n) is 4.95. The van der Waals surface area contributed by atoms with Gasteiger partial charge >= 0.3 is 6.18 Å². The molecule has 0 fully saturated rings. The second-order valence-corrected chi connectivity index (χ2v) is 7.33. The number of amides is 1. The van der Waals surface area contributed by atoms with Crippen LogP contribution in [0.25, 0.3) is 11.4 Å². The fraction of sp³-hybridized carbons (Fsp3) is 0.160. The van der Waals surface area contributed by atoms with Crippen LogP contribution in [0.15, 0.2) is 72.8 Å². The summed E-state index contributed by atoms with van der Waals surface area (Å²) in [4.78, 5) is 13.6. The Labute approximate surface area is 191 Å². The summed E-state index contributed by atoms with van der Waals surface area (Å²) in [6, 6.07) is 13.5. The van der Waals surface area contributed by atoms with Gasteiger partial charge in [0.25, 0.3) is 5.91 Å². The molecule has 0 unspecified atom stereocenters. The lowest BCUT2D eigenvalue weighted by Gasteiger charge is -2.22. The van der Waals surface area contributed by atoms with Crippen molar-refractivity contribution in [3.05, 3.63) is 95.6 Å². The number of rotatable bonds is 6. The average Bonchev–Trinajstić information content (AvgIpc) is 2.79. The molecule has 3 nitrogen and oxygen atoms in total. The minimum atomic E-state index is -5.03. The number of ether oxygens (including phenoxy) is 1. The smallest absolute Gasteiger partial charge is 0.419 e. The molecule has 3 aromatic rings. The number of likely N-dealkylation sites (N-methyl/N-ethyl adjacent to an activating group) is 1. The molecule has 0 N–H and O–H groups in total. The second-order valence-electron chi connectivity index (χ2n) is 7.33. The van der Waals surface area contributed by atoms with Crippen LogP contribution < -0.4 is 9.64 Å². The Morgan fingerprint density at radius 1 is 0.882 bits per heavy atom. The van der Waals surface area contributed by atoms with Crippen LogP contribution in [0.5, 0.6) is 5.75 Å². The molecule has 34 heavy (non-hydrogen) atoms. The molecular weight excluding hydrogens is 460 g/mol. The number of anilines is 1. The molecule has 0 aliphatic rings. The summed E-state index contributed by atoms with van der Waals surface area (Å²) in [6.07, 6.45) is -6.10. The molecule has 0 saturated heterocycles. The third kappa shape index (κ3) is 5.59. The van der Waals surface area contributed by atoms with Gasteiger partial charge in [-0.15, -0.1) is 0 Å². The number of para-hydroxylation sites is 1. The van der Waals surface area contributed by atoms with E-state index in [0.717, 1.165) is 41.3 Å². The van der Waals surface area contributed by atoms with E-state index in [9.17, 15) is 31.1 Å². The van der Waals surface area contributed by atoms with E-state index >= 15 is 0 Å². The first-order valence-electron chi connectivity index (χ1n) is 10.0. The highest BCUT2D eigenvalue weighted by Gasteiger charge is 2.38. The van der Waals surface area contributed by atoms with Crippen LogP contribution >= 0.6 is 0 Å². The number of hydrogen-bond donors (Lipinski definition) is 0. The largest absolute Gasteiger partial charge is 0.481 e. The number of halogens is 6. The monoisotopic (exact) mass is 479 g/mol. The van der Waals surface area contributed by atoms with Gasteiger partial charge in [0.2, 0.25) is 0 Å². The molecule has 3 aromatic carbocycles. The fourth-order valence-electron chi connectivity index (χ4n) is 3.23. The maximum absolute atomic E-state index is 14.9. The number of hydrogen-bond acceptors (Lipinski definition) is 2. The average molecular weight is 479 g/mol.